The van der Waals surface area contributed by atoms with Gasteiger partial charge in [-0.3, -0.25) is 4.98 Å². The molecule has 20 heavy (non-hydrogen) atoms. The van der Waals surface area contributed by atoms with Crippen LogP contribution in [0, 0.1) is 6.92 Å². The predicted octanol–water partition coefficient (Wildman–Crippen LogP) is 2.99. The number of benzene rings is 1. The highest BCUT2D eigenvalue weighted by molar-refractivity contribution is 5.76. The number of nitrogens with one attached hydrogen (secondary N) is 1. The van der Waals surface area contributed by atoms with Crippen LogP contribution in [0.15, 0.2) is 48.7 Å². The van der Waals surface area contributed by atoms with Gasteiger partial charge in [0.25, 0.3) is 0 Å². The van der Waals surface area contributed by atoms with Crippen LogP contribution in [-0.4, -0.2) is 21.5 Å². The number of para-hydroxylation sites is 2. The largest absolute Gasteiger partial charge is 0.368 e. The van der Waals surface area contributed by atoms with Crippen LogP contribution < -0.4 is 5.32 Å². The topological polar surface area (TPSA) is 50.7 Å². The molecule has 0 aliphatic rings. The number of aryl methyl sites for hydroxylation is 1. The third-order valence-electron chi connectivity index (χ3n) is 3.14. The molecule has 0 atom stereocenters. The molecule has 0 fully saturated rings. The van der Waals surface area contributed by atoms with Gasteiger partial charge in [-0.2, -0.15) is 0 Å². The first-order chi connectivity index (χ1) is 9.83. The summed E-state index contributed by atoms with van der Waals surface area (Å²) in [6.45, 7) is 2.77. The zero-order valence-corrected chi connectivity index (χ0v) is 11.4. The fourth-order valence-electron chi connectivity index (χ4n) is 2.11. The predicted molar refractivity (Wildman–Crippen MR) is 80.7 cm³/mol. The van der Waals surface area contributed by atoms with Gasteiger partial charge in [0, 0.05) is 24.9 Å². The molecular weight excluding hydrogens is 248 g/mol. The summed E-state index contributed by atoms with van der Waals surface area (Å²) in [5.41, 5.74) is 3.84. The third-order valence-corrected chi connectivity index (χ3v) is 3.14. The van der Waals surface area contributed by atoms with Crippen molar-refractivity contribution in [3.8, 4) is 0 Å². The van der Waals surface area contributed by atoms with Crippen LogP contribution in [0.25, 0.3) is 11.0 Å². The Bertz CT molecular complexity index is 710. The van der Waals surface area contributed by atoms with Crippen LogP contribution in [0.3, 0.4) is 0 Å². The average Bonchev–Trinajstić information content (AvgIpc) is 2.49. The van der Waals surface area contributed by atoms with Crippen molar-refractivity contribution in [1.82, 2.24) is 15.0 Å². The second-order valence-corrected chi connectivity index (χ2v) is 4.64. The Kier molecular flexibility index (Phi) is 3.54. The van der Waals surface area contributed by atoms with Gasteiger partial charge in [-0.15, -0.1) is 0 Å². The van der Waals surface area contributed by atoms with Gasteiger partial charge in [0.05, 0.1) is 16.7 Å². The lowest BCUT2D eigenvalue weighted by Crippen LogP contribution is -2.09. The molecule has 2 aromatic heterocycles. The molecule has 1 aromatic carbocycles. The van der Waals surface area contributed by atoms with E-state index in [2.05, 4.69) is 20.3 Å². The number of rotatable bonds is 4. The summed E-state index contributed by atoms with van der Waals surface area (Å²) < 4.78 is 0. The Morgan fingerprint density at radius 2 is 1.70 bits per heavy atom. The SMILES string of the molecule is Cc1nc2ccccc2nc1NCCc1ccccn1. The molecule has 100 valence electrons. The number of nitrogens with zero attached hydrogens (tertiary/aromatic N) is 3. The van der Waals surface area contributed by atoms with Crippen molar-refractivity contribution in [2.45, 2.75) is 13.3 Å². The van der Waals surface area contributed by atoms with Crippen molar-refractivity contribution in [3.05, 3.63) is 60.0 Å². The molecule has 2 heterocycles. The quantitative estimate of drug-likeness (QED) is 0.787. The van der Waals surface area contributed by atoms with Gasteiger partial charge in [0.15, 0.2) is 0 Å². The van der Waals surface area contributed by atoms with E-state index in [0.29, 0.717) is 0 Å². The standard InChI is InChI=1S/C16H16N4/c1-12-16(18-11-9-13-6-4-5-10-17-13)20-15-8-3-2-7-14(15)19-12/h2-8,10H,9,11H2,1H3,(H,18,20). The van der Waals surface area contributed by atoms with Crippen LogP contribution in [0.2, 0.25) is 0 Å². The highest BCUT2D eigenvalue weighted by atomic mass is 15.0. The van der Waals surface area contributed by atoms with Crippen molar-refractivity contribution in [2.24, 2.45) is 0 Å². The molecule has 0 bridgehead atoms. The summed E-state index contributed by atoms with van der Waals surface area (Å²) in [5.74, 6) is 0.847. The van der Waals surface area contributed by atoms with Gasteiger partial charge in [-0.25, -0.2) is 9.97 Å². The smallest absolute Gasteiger partial charge is 0.148 e. The molecule has 3 aromatic rings. The van der Waals surface area contributed by atoms with Gasteiger partial charge in [-0.05, 0) is 31.2 Å². The normalized spacial score (nSPS) is 10.7. The van der Waals surface area contributed by atoms with E-state index >= 15 is 0 Å². The molecule has 0 spiro atoms. The number of aromatic nitrogens is 3. The number of anilines is 1. The zero-order chi connectivity index (χ0) is 13.8. The Hall–Kier alpha value is -2.49. The fourth-order valence-corrected chi connectivity index (χ4v) is 2.11. The minimum atomic E-state index is 0.797. The van der Waals surface area contributed by atoms with E-state index in [-0.39, 0.29) is 0 Å². The maximum Gasteiger partial charge on any atom is 0.148 e. The summed E-state index contributed by atoms with van der Waals surface area (Å²) >= 11 is 0. The van der Waals surface area contributed by atoms with Crippen LogP contribution in [0.1, 0.15) is 11.4 Å². The van der Waals surface area contributed by atoms with Crippen molar-refractivity contribution in [3.63, 3.8) is 0 Å². The van der Waals surface area contributed by atoms with Crippen molar-refractivity contribution >= 4 is 16.9 Å². The van der Waals surface area contributed by atoms with Crippen LogP contribution in [0.4, 0.5) is 5.82 Å². The number of hydrogen-bond acceptors (Lipinski definition) is 4. The van der Waals surface area contributed by atoms with Gasteiger partial charge in [0.1, 0.15) is 5.82 Å². The third kappa shape index (κ3) is 2.74. The molecule has 4 heteroatoms. The highest BCUT2D eigenvalue weighted by Crippen LogP contribution is 2.15. The molecule has 0 unspecified atom stereocenters. The summed E-state index contributed by atoms with van der Waals surface area (Å²) in [5, 5.41) is 3.34. The van der Waals surface area contributed by atoms with E-state index in [9.17, 15) is 0 Å². The molecular formula is C16H16N4. The Morgan fingerprint density at radius 3 is 2.45 bits per heavy atom. The number of fused-ring (bicyclic) bond motifs is 1. The molecule has 0 amide bonds. The van der Waals surface area contributed by atoms with Gasteiger partial charge in [-0.1, -0.05) is 18.2 Å². The van der Waals surface area contributed by atoms with Crippen molar-refractivity contribution in [1.29, 1.82) is 0 Å². The maximum atomic E-state index is 4.61. The fraction of sp³-hybridized carbons (Fsp3) is 0.188. The first kappa shape index (κ1) is 12.5. The monoisotopic (exact) mass is 264 g/mol. The van der Waals surface area contributed by atoms with Crippen LogP contribution in [-0.2, 0) is 6.42 Å². The lowest BCUT2D eigenvalue weighted by atomic mass is 10.2. The van der Waals surface area contributed by atoms with Crippen LogP contribution in [0.5, 0.6) is 0 Å². The summed E-state index contributed by atoms with van der Waals surface area (Å²) in [4.78, 5) is 13.5. The van der Waals surface area contributed by atoms with E-state index in [4.69, 9.17) is 0 Å². The van der Waals surface area contributed by atoms with E-state index in [1.807, 2.05) is 55.6 Å². The Balaban J connectivity index is 1.72. The first-order valence-corrected chi connectivity index (χ1v) is 6.70. The summed E-state index contributed by atoms with van der Waals surface area (Å²) in [6.07, 6.45) is 2.69. The van der Waals surface area contributed by atoms with Crippen molar-refractivity contribution in [2.75, 3.05) is 11.9 Å². The molecule has 0 aliphatic carbocycles. The second-order valence-electron chi connectivity index (χ2n) is 4.64. The van der Waals surface area contributed by atoms with Crippen LogP contribution >= 0.6 is 0 Å². The van der Waals surface area contributed by atoms with E-state index < -0.39 is 0 Å². The lowest BCUT2D eigenvalue weighted by molar-refractivity contribution is 0.949. The average molecular weight is 264 g/mol. The molecule has 1 N–H and O–H groups in total. The molecule has 0 saturated heterocycles. The molecule has 3 rings (SSSR count). The zero-order valence-electron chi connectivity index (χ0n) is 11.4. The second kappa shape index (κ2) is 5.65. The van der Waals surface area contributed by atoms with E-state index in [1.54, 1.807) is 0 Å². The minimum Gasteiger partial charge on any atom is -0.368 e. The highest BCUT2D eigenvalue weighted by Gasteiger charge is 2.04. The summed E-state index contributed by atoms with van der Waals surface area (Å²) in [7, 11) is 0. The number of pyridine rings is 1. The molecule has 0 aliphatic heterocycles. The van der Waals surface area contributed by atoms with E-state index in [1.165, 1.54) is 0 Å². The van der Waals surface area contributed by atoms with Gasteiger partial charge < -0.3 is 5.32 Å². The summed E-state index contributed by atoms with van der Waals surface area (Å²) in [6, 6.07) is 13.9. The van der Waals surface area contributed by atoms with Gasteiger partial charge >= 0.3 is 0 Å². The molecule has 0 radical (unpaired) electrons. The lowest BCUT2D eigenvalue weighted by Gasteiger charge is -2.09. The Morgan fingerprint density at radius 1 is 0.950 bits per heavy atom. The molecule has 0 saturated carbocycles. The molecule has 4 nitrogen and oxygen atoms in total. The van der Waals surface area contributed by atoms with Crippen molar-refractivity contribution < 1.29 is 0 Å². The Labute approximate surface area is 117 Å². The van der Waals surface area contributed by atoms with E-state index in [0.717, 1.165) is 41.2 Å². The number of hydrogen-bond donors (Lipinski definition) is 1. The maximum absolute atomic E-state index is 4.61. The van der Waals surface area contributed by atoms with Gasteiger partial charge in [0.2, 0.25) is 0 Å². The minimum absolute atomic E-state index is 0.797. The first-order valence-electron chi connectivity index (χ1n) is 6.70.